The third-order valence-electron chi connectivity index (χ3n) is 4.65. The average Bonchev–Trinajstić information content (AvgIpc) is 3.22. The Morgan fingerprint density at radius 3 is 2.91 bits per heavy atom. The van der Waals surface area contributed by atoms with E-state index in [4.69, 9.17) is 9.47 Å². The minimum absolute atomic E-state index is 0.0805. The normalized spacial score (nSPS) is 24.8. The van der Waals surface area contributed by atoms with Gasteiger partial charge in [0, 0.05) is 22.6 Å². The van der Waals surface area contributed by atoms with E-state index in [2.05, 4.69) is 5.32 Å². The van der Waals surface area contributed by atoms with Crippen LogP contribution in [0.4, 0.5) is 0 Å². The van der Waals surface area contributed by atoms with Crippen LogP contribution in [-0.4, -0.2) is 31.1 Å². The van der Waals surface area contributed by atoms with E-state index in [-0.39, 0.29) is 29.3 Å². The Morgan fingerprint density at radius 2 is 2.22 bits per heavy atom. The summed E-state index contributed by atoms with van der Waals surface area (Å²) in [6.45, 7) is 6.67. The van der Waals surface area contributed by atoms with Crippen molar-refractivity contribution in [3.8, 4) is 5.75 Å². The molecule has 1 spiro atoms. The molecule has 5 nitrogen and oxygen atoms in total. The lowest BCUT2D eigenvalue weighted by molar-refractivity contribution is -0.145. The number of rotatable bonds is 4. The van der Waals surface area contributed by atoms with Gasteiger partial charge in [-0.2, -0.15) is 0 Å². The Labute approximate surface area is 136 Å². The topological polar surface area (TPSA) is 64.6 Å². The third kappa shape index (κ3) is 2.80. The Balaban J connectivity index is 1.89. The summed E-state index contributed by atoms with van der Waals surface area (Å²) >= 11 is 0. The van der Waals surface area contributed by atoms with Gasteiger partial charge in [0.25, 0.3) is 5.91 Å². The molecule has 1 heterocycles. The maximum absolute atomic E-state index is 12.2. The molecule has 3 rings (SSSR count). The number of benzene rings is 1. The third-order valence-corrected chi connectivity index (χ3v) is 4.65. The molecular formula is C18H23NO4. The van der Waals surface area contributed by atoms with Crippen molar-refractivity contribution in [2.24, 2.45) is 5.92 Å². The van der Waals surface area contributed by atoms with E-state index in [0.29, 0.717) is 18.8 Å². The summed E-state index contributed by atoms with van der Waals surface area (Å²) in [6.07, 6.45) is 1.57. The smallest absolute Gasteiger partial charge is 0.309 e. The molecule has 1 aliphatic heterocycles. The fourth-order valence-corrected chi connectivity index (χ4v) is 3.44. The van der Waals surface area contributed by atoms with Crippen molar-refractivity contribution >= 4 is 11.9 Å². The molecule has 5 heteroatoms. The number of amides is 1. The highest BCUT2D eigenvalue weighted by molar-refractivity contribution is 5.95. The first-order valence-electron chi connectivity index (χ1n) is 8.23. The van der Waals surface area contributed by atoms with Gasteiger partial charge < -0.3 is 14.8 Å². The number of nitrogens with one attached hydrogen (secondary N) is 1. The van der Waals surface area contributed by atoms with Crippen molar-refractivity contribution in [3.05, 3.63) is 29.3 Å². The van der Waals surface area contributed by atoms with Gasteiger partial charge in [0.1, 0.15) is 5.75 Å². The molecule has 124 valence electrons. The Morgan fingerprint density at radius 1 is 1.43 bits per heavy atom. The van der Waals surface area contributed by atoms with Gasteiger partial charge in [-0.25, -0.2) is 0 Å². The molecule has 1 N–H and O–H groups in total. The zero-order chi connectivity index (χ0) is 16.6. The van der Waals surface area contributed by atoms with Crippen LogP contribution in [-0.2, 0) is 14.9 Å². The highest BCUT2D eigenvalue weighted by Crippen LogP contribution is 2.61. The minimum atomic E-state index is -0.214. The van der Waals surface area contributed by atoms with Crippen LogP contribution in [0.1, 0.15) is 49.5 Å². The highest BCUT2D eigenvalue weighted by atomic mass is 16.5. The molecule has 1 saturated carbocycles. The van der Waals surface area contributed by atoms with Crippen LogP contribution in [0.3, 0.4) is 0 Å². The summed E-state index contributed by atoms with van der Waals surface area (Å²) in [4.78, 5) is 24.4. The quantitative estimate of drug-likeness (QED) is 0.866. The maximum Gasteiger partial charge on any atom is 0.309 e. The molecule has 0 saturated heterocycles. The van der Waals surface area contributed by atoms with Gasteiger partial charge in [-0.3, -0.25) is 9.59 Å². The highest BCUT2D eigenvalue weighted by Gasteiger charge is 2.62. The summed E-state index contributed by atoms with van der Waals surface area (Å²) in [6, 6.07) is 5.58. The molecule has 2 atom stereocenters. The monoisotopic (exact) mass is 317 g/mol. The second kappa shape index (κ2) is 5.87. The van der Waals surface area contributed by atoms with E-state index in [0.717, 1.165) is 24.2 Å². The van der Waals surface area contributed by atoms with Crippen LogP contribution in [0.15, 0.2) is 18.2 Å². The van der Waals surface area contributed by atoms with Crippen LogP contribution in [0.5, 0.6) is 5.75 Å². The predicted molar refractivity (Wildman–Crippen MR) is 85.6 cm³/mol. The standard InChI is InChI=1S/C18H23NO4/c1-4-22-17(21)14-10-18(14)7-8-23-15-6-5-12(9-13(15)18)16(20)19-11(2)3/h5-6,9,11,14H,4,7-8,10H2,1-3H3,(H,19,20)/t14-,18+/m1/s1. The molecule has 1 aromatic carbocycles. The second-order valence-corrected chi connectivity index (χ2v) is 6.60. The zero-order valence-electron chi connectivity index (χ0n) is 13.8. The van der Waals surface area contributed by atoms with Crippen LogP contribution < -0.4 is 10.1 Å². The van der Waals surface area contributed by atoms with Gasteiger partial charge in [-0.15, -0.1) is 0 Å². The molecule has 1 amide bonds. The zero-order valence-corrected chi connectivity index (χ0v) is 13.8. The van der Waals surface area contributed by atoms with Crippen LogP contribution in [0.2, 0.25) is 0 Å². The average molecular weight is 317 g/mol. The second-order valence-electron chi connectivity index (χ2n) is 6.60. The summed E-state index contributed by atoms with van der Waals surface area (Å²) in [7, 11) is 0. The van der Waals surface area contributed by atoms with E-state index >= 15 is 0 Å². The molecule has 0 bridgehead atoms. The van der Waals surface area contributed by atoms with E-state index in [1.54, 1.807) is 6.07 Å². The van der Waals surface area contributed by atoms with Crippen molar-refractivity contribution in [1.82, 2.24) is 5.32 Å². The summed E-state index contributed by atoms with van der Waals surface area (Å²) in [5.41, 5.74) is 1.36. The van der Waals surface area contributed by atoms with Gasteiger partial charge >= 0.3 is 5.97 Å². The van der Waals surface area contributed by atoms with E-state index in [1.165, 1.54) is 0 Å². The van der Waals surface area contributed by atoms with Crippen LogP contribution in [0.25, 0.3) is 0 Å². The van der Waals surface area contributed by atoms with Gasteiger partial charge in [0.2, 0.25) is 0 Å². The number of fused-ring (bicyclic) bond motifs is 2. The molecule has 1 aromatic rings. The Kier molecular flexibility index (Phi) is 4.04. The summed E-state index contributed by atoms with van der Waals surface area (Å²) in [5.74, 6) is 0.423. The lowest BCUT2D eigenvalue weighted by Gasteiger charge is -2.27. The van der Waals surface area contributed by atoms with Gasteiger partial charge in [0.15, 0.2) is 0 Å². The molecule has 1 fully saturated rings. The van der Waals surface area contributed by atoms with Gasteiger partial charge in [-0.05, 0) is 51.8 Å². The molecule has 2 aliphatic rings. The Hall–Kier alpha value is -2.04. The van der Waals surface area contributed by atoms with Crippen molar-refractivity contribution in [2.45, 2.75) is 45.1 Å². The summed E-state index contributed by atoms with van der Waals surface area (Å²) < 4.78 is 10.9. The number of ether oxygens (including phenoxy) is 2. The first-order chi connectivity index (χ1) is 11.0. The van der Waals surface area contributed by atoms with E-state index in [1.807, 2.05) is 32.9 Å². The maximum atomic E-state index is 12.2. The number of esters is 1. The molecule has 0 aromatic heterocycles. The van der Waals surface area contributed by atoms with Gasteiger partial charge in [0.05, 0.1) is 19.1 Å². The SMILES string of the molecule is CCOC(=O)[C@H]1C[C@]12CCOc1ccc(C(=O)NC(C)C)cc12. The first-order valence-corrected chi connectivity index (χ1v) is 8.23. The van der Waals surface area contributed by atoms with Crippen molar-refractivity contribution < 1.29 is 19.1 Å². The van der Waals surface area contributed by atoms with E-state index in [9.17, 15) is 9.59 Å². The van der Waals surface area contributed by atoms with Crippen molar-refractivity contribution in [2.75, 3.05) is 13.2 Å². The van der Waals surface area contributed by atoms with Gasteiger partial charge in [-0.1, -0.05) is 0 Å². The minimum Gasteiger partial charge on any atom is -0.493 e. The summed E-state index contributed by atoms with van der Waals surface area (Å²) in [5, 5.41) is 2.90. The Bertz CT molecular complexity index is 640. The molecule has 0 unspecified atom stereocenters. The van der Waals surface area contributed by atoms with Crippen molar-refractivity contribution in [1.29, 1.82) is 0 Å². The van der Waals surface area contributed by atoms with E-state index < -0.39 is 0 Å². The fraction of sp³-hybridized carbons (Fsp3) is 0.556. The fourth-order valence-electron chi connectivity index (χ4n) is 3.44. The first kappa shape index (κ1) is 15.8. The molecule has 23 heavy (non-hydrogen) atoms. The number of carbonyl (C=O) groups is 2. The number of carbonyl (C=O) groups excluding carboxylic acids is 2. The lowest BCUT2D eigenvalue weighted by atomic mass is 9.86. The molecule has 1 aliphatic carbocycles. The number of hydrogen-bond donors (Lipinski definition) is 1. The van der Waals surface area contributed by atoms with Crippen molar-refractivity contribution in [3.63, 3.8) is 0 Å². The number of hydrogen-bond acceptors (Lipinski definition) is 4. The predicted octanol–water partition coefficient (Wildman–Crippen LogP) is 2.43. The molecule has 0 radical (unpaired) electrons. The van der Waals surface area contributed by atoms with Crippen LogP contribution in [0, 0.1) is 5.92 Å². The largest absolute Gasteiger partial charge is 0.493 e. The van der Waals surface area contributed by atoms with Crippen LogP contribution >= 0.6 is 0 Å². The molecular weight excluding hydrogens is 294 g/mol. The lowest BCUT2D eigenvalue weighted by Crippen LogP contribution is -2.31.